The Morgan fingerprint density at radius 1 is 1.33 bits per heavy atom. The lowest BCUT2D eigenvalue weighted by molar-refractivity contribution is 0.132. The van der Waals surface area contributed by atoms with E-state index in [4.69, 9.17) is 0 Å². The Kier molecular flexibility index (Phi) is 2.59. The fraction of sp³-hybridized carbons (Fsp3) is 0.571. The first-order chi connectivity index (χ1) is 7.02. The van der Waals surface area contributed by atoms with Crippen LogP contribution in [0.2, 0.25) is 0 Å². The topological polar surface area (TPSA) is 20.2 Å². The molecule has 0 fully saturated rings. The monoisotopic (exact) mass is 204 g/mol. The van der Waals surface area contributed by atoms with Gasteiger partial charge in [-0.05, 0) is 47.4 Å². The van der Waals surface area contributed by atoms with Crippen molar-refractivity contribution in [3.8, 4) is 0 Å². The van der Waals surface area contributed by atoms with Crippen LogP contribution in [-0.2, 0) is 6.42 Å². The van der Waals surface area contributed by atoms with Crippen LogP contribution in [0.5, 0.6) is 0 Å². The van der Waals surface area contributed by atoms with Gasteiger partial charge in [-0.15, -0.1) is 0 Å². The highest BCUT2D eigenvalue weighted by Crippen LogP contribution is 2.41. The zero-order valence-electron chi connectivity index (χ0n) is 10.0. The molecule has 2 atom stereocenters. The number of aliphatic hydroxyl groups excluding tert-OH is 1. The van der Waals surface area contributed by atoms with Crippen molar-refractivity contribution in [3.63, 3.8) is 0 Å². The molecule has 0 bridgehead atoms. The third-order valence-corrected chi connectivity index (χ3v) is 3.61. The lowest BCUT2D eigenvalue weighted by Gasteiger charge is -2.17. The number of hydrogen-bond acceptors (Lipinski definition) is 1. The highest BCUT2D eigenvalue weighted by atomic mass is 16.3. The molecular weight excluding hydrogens is 184 g/mol. The number of aliphatic hydroxyl groups is 1. The Hall–Kier alpha value is -0.820. The molecule has 0 heterocycles. The fourth-order valence-corrected chi connectivity index (χ4v) is 2.63. The van der Waals surface area contributed by atoms with Gasteiger partial charge in [-0.2, -0.15) is 0 Å². The molecule has 1 heteroatoms. The van der Waals surface area contributed by atoms with Crippen molar-refractivity contribution in [3.05, 3.63) is 34.4 Å². The summed E-state index contributed by atoms with van der Waals surface area (Å²) in [7, 11) is 0. The van der Waals surface area contributed by atoms with E-state index in [1.165, 1.54) is 22.3 Å². The van der Waals surface area contributed by atoms with Crippen LogP contribution in [0.4, 0.5) is 0 Å². The van der Waals surface area contributed by atoms with Crippen LogP contribution in [0.15, 0.2) is 12.1 Å². The van der Waals surface area contributed by atoms with Gasteiger partial charge in [-0.1, -0.05) is 32.9 Å². The van der Waals surface area contributed by atoms with Gasteiger partial charge in [-0.25, -0.2) is 0 Å². The molecule has 2 unspecified atom stereocenters. The van der Waals surface area contributed by atoms with Gasteiger partial charge in [0.15, 0.2) is 0 Å². The van der Waals surface area contributed by atoms with Gasteiger partial charge < -0.3 is 5.11 Å². The van der Waals surface area contributed by atoms with Crippen LogP contribution in [0, 0.1) is 12.8 Å². The second kappa shape index (κ2) is 3.64. The molecule has 15 heavy (non-hydrogen) atoms. The summed E-state index contributed by atoms with van der Waals surface area (Å²) in [6.07, 6.45) is 0.778. The van der Waals surface area contributed by atoms with Gasteiger partial charge >= 0.3 is 0 Å². The van der Waals surface area contributed by atoms with Crippen molar-refractivity contribution < 1.29 is 5.11 Å². The lowest BCUT2D eigenvalue weighted by Crippen LogP contribution is -2.05. The Morgan fingerprint density at radius 3 is 2.60 bits per heavy atom. The van der Waals surface area contributed by atoms with Crippen molar-refractivity contribution in [1.82, 2.24) is 0 Å². The van der Waals surface area contributed by atoms with E-state index in [0.717, 1.165) is 6.42 Å². The third-order valence-electron chi connectivity index (χ3n) is 3.61. The van der Waals surface area contributed by atoms with E-state index in [1.807, 2.05) is 0 Å². The van der Waals surface area contributed by atoms with Gasteiger partial charge in [0.25, 0.3) is 0 Å². The third kappa shape index (κ3) is 1.59. The van der Waals surface area contributed by atoms with Crippen LogP contribution >= 0.6 is 0 Å². The molecule has 1 nitrogen and oxygen atoms in total. The summed E-state index contributed by atoms with van der Waals surface area (Å²) in [5.74, 6) is 0.873. The van der Waals surface area contributed by atoms with Gasteiger partial charge in [0.05, 0.1) is 6.10 Å². The summed E-state index contributed by atoms with van der Waals surface area (Å²) in [6, 6.07) is 4.37. The van der Waals surface area contributed by atoms with Crippen LogP contribution in [0.1, 0.15) is 55.0 Å². The van der Waals surface area contributed by atoms with Gasteiger partial charge in [0.1, 0.15) is 0 Å². The zero-order valence-corrected chi connectivity index (χ0v) is 10.0. The maximum atomic E-state index is 10.2. The quantitative estimate of drug-likeness (QED) is 0.744. The molecule has 0 spiro atoms. The van der Waals surface area contributed by atoms with E-state index in [1.54, 1.807) is 0 Å². The van der Waals surface area contributed by atoms with Gasteiger partial charge in [0.2, 0.25) is 0 Å². The molecule has 1 aromatic carbocycles. The van der Waals surface area contributed by atoms with E-state index >= 15 is 0 Å². The molecule has 0 aromatic heterocycles. The van der Waals surface area contributed by atoms with Crippen molar-refractivity contribution in [2.45, 2.75) is 46.1 Å². The summed E-state index contributed by atoms with van der Waals surface area (Å²) < 4.78 is 0. The molecule has 0 saturated heterocycles. The zero-order chi connectivity index (χ0) is 11.2. The molecule has 0 radical (unpaired) electrons. The van der Waals surface area contributed by atoms with E-state index in [9.17, 15) is 5.11 Å². The number of aryl methyl sites for hydroxylation is 1. The second-order valence-electron chi connectivity index (χ2n) is 5.14. The number of benzene rings is 1. The Bertz CT molecular complexity index is 379. The van der Waals surface area contributed by atoms with E-state index < -0.39 is 0 Å². The van der Waals surface area contributed by atoms with Crippen LogP contribution in [-0.4, -0.2) is 5.11 Å². The van der Waals surface area contributed by atoms with Gasteiger partial charge in [0, 0.05) is 0 Å². The first kappa shape index (κ1) is 10.7. The first-order valence-corrected chi connectivity index (χ1v) is 5.82. The smallest absolute Gasteiger partial charge is 0.0824 e. The van der Waals surface area contributed by atoms with Crippen LogP contribution < -0.4 is 0 Å². The molecular formula is C14H20O. The highest BCUT2D eigenvalue weighted by Gasteiger charge is 2.31. The predicted molar refractivity (Wildman–Crippen MR) is 63.1 cm³/mol. The minimum atomic E-state index is -0.253. The van der Waals surface area contributed by atoms with Crippen molar-refractivity contribution in [2.24, 2.45) is 5.92 Å². The molecule has 0 amide bonds. The summed E-state index contributed by atoms with van der Waals surface area (Å²) in [4.78, 5) is 0. The van der Waals surface area contributed by atoms with Crippen LogP contribution in [0.25, 0.3) is 0 Å². The first-order valence-electron chi connectivity index (χ1n) is 5.82. The molecule has 0 saturated carbocycles. The average molecular weight is 204 g/mol. The number of hydrogen-bond donors (Lipinski definition) is 1. The molecule has 1 aliphatic rings. The van der Waals surface area contributed by atoms with Crippen molar-refractivity contribution >= 4 is 0 Å². The molecule has 1 N–H and O–H groups in total. The predicted octanol–water partition coefficient (Wildman–Crippen LogP) is 3.34. The van der Waals surface area contributed by atoms with Gasteiger partial charge in [-0.3, -0.25) is 0 Å². The molecule has 2 rings (SSSR count). The number of rotatable bonds is 1. The SMILES string of the molecule is Cc1ccc(C(C)C)c2c1CC(C)C2O. The Morgan fingerprint density at radius 2 is 2.00 bits per heavy atom. The minimum Gasteiger partial charge on any atom is -0.388 e. The van der Waals surface area contributed by atoms with Crippen molar-refractivity contribution in [2.75, 3.05) is 0 Å². The lowest BCUT2D eigenvalue weighted by atomic mass is 9.91. The molecule has 1 aromatic rings. The standard InChI is InChI=1S/C14H20O/c1-8(2)11-6-5-9(3)12-7-10(4)14(15)13(11)12/h5-6,8,10,14-15H,7H2,1-4H3. The largest absolute Gasteiger partial charge is 0.388 e. The second-order valence-corrected chi connectivity index (χ2v) is 5.14. The normalized spacial score (nSPS) is 24.7. The van der Waals surface area contributed by atoms with Crippen molar-refractivity contribution in [1.29, 1.82) is 0 Å². The Labute approximate surface area is 92.1 Å². The van der Waals surface area contributed by atoms with E-state index in [2.05, 4.69) is 39.8 Å². The van der Waals surface area contributed by atoms with Crippen LogP contribution in [0.3, 0.4) is 0 Å². The Balaban J connectivity index is 2.60. The summed E-state index contributed by atoms with van der Waals surface area (Å²) >= 11 is 0. The minimum absolute atomic E-state index is 0.253. The summed E-state index contributed by atoms with van der Waals surface area (Å²) in [5, 5.41) is 10.2. The molecule has 1 aliphatic carbocycles. The maximum absolute atomic E-state index is 10.2. The summed E-state index contributed by atoms with van der Waals surface area (Å²) in [5.41, 5.74) is 5.27. The summed E-state index contributed by atoms with van der Waals surface area (Å²) in [6.45, 7) is 8.67. The highest BCUT2D eigenvalue weighted by molar-refractivity contribution is 5.46. The fourth-order valence-electron chi connectivity index (χ4n) is 2.63. The maximum Gasteiger partial charge on any atom is 0.0824 e. The van der Waals surface area contributed by atoms with E-state index in [0.29, 0.717) is 11.8 Å². The number of fused-ring (bicyclic) bond motifs is 1. The average Bonchev–Trinajstić information content (AvgIpc) is 2.46. The van der Waals surface area contributed by atoms with E-state index in [-0.39, 0.29) is 6.10 Å². The molecule has 82 valence electrons. The molecule has 0 aliphatic heterocycles.